The minimum Gasteiger partial charge on any atom is -0.356 e. The maximum absolute atomic E-state index is 12.8. The number of carbonyl (C=O) groups is 1. The lowest BCUT2D eigenvalue weighted by atomic mass is 10.1. The molecule has 1 saturated heterocycles. The van der Waals surface area contributed by atoms with Crippen LogP contribution in [0.25, 0.3) is 12.2 Å². The Balaban J connectivity index is 1.87. The van der Waals surface area contributed by atoms with Crippen LogP contribution in [-0.4, -0.2) is 40.9 Å². The van der Waals surface area contributed by atoms with Crippen LogP contribution in [0.2, 0.25) is 0 Å². The van der Waals surface area contributed by atoms with E-state index < -0.39 is 0 Å². The maximum atomic E-state index is 12.8. The van der Waals surface area contributed by atoms with Crippen molar-refractivity contribution in [2.75, 3.05) is 30.4 Å². The molecular weight excluding hydrogens is 386 g/mol. The van der Waals surface area contributed by atoms with Crippen molar-refractivity contribution < 1.29 is 4.79 Å². The second-order valence-electron chi connectivity index (χ2n) is 7.32. The van der Waals surface area contributed by atoms with E-state index in [4.69, 9.17) is 0 Å². The zero-order chi connectivity index (χ0) is 22.4. The molecule has 6 heteroatoms. The number of carbonyl (C=O) groups excluding carboxylic acids is 1. The number of allylic oxidation sites excluding steroid dienone is 2. The van der Waals surface area contributed by atoms with E-state index in [1.54, 1.807) is 24.7 Å². The van der Waals surface area contributed by atoms with Gasteiger partial charge in [0.05, 0.1) is 0 Å². The molecule has 2 aromatic rings. The minimum absolute atomic E-state index is 0.213. The lowest BCUT2D eigenvalue weighted by molar-refractivity contribution is 0.102. The highest BCUT2D eigenvalue weighted by atomic mass is 16.1. The van der Waals surface area contributed by atoms with Crippen LogP contribution in [0.1, 0.15) is 30.6 Å². The van der Waals surface area contributed by atoms with E-state index in [1.165, 1.54) is 0 Å². The Morgan fingerprint density at radius 1 is 1.23 bits per heavy atom. The second-order valence-corrected chi connectivity index (χ2v) is 7.32. The Hall–Kier alpha value is -3.67. The molecule has 1 fully saturated rings. The summed E-state index contributed by atoms with van der Waals surface area (Å²) in [6.07, 6.45) is 12.3. The van der Waals surface area contributed by atoms with E-state index >= 15 is 0 Å². The predicted octanol–water partition coefficient (Wildman–Crippen LogP) is 3.06. The number of rotatable bonds is 7. The number of aromatic nitrogens is 2. The molecule has 3 heterocycles. The van der Waals surface area contributed by atoms with Gasteiger partial charge in [-0.3, -0.25) is 4.79 Å². The Bertz CT molecular complexity index is 1140. The Morgan fingerprint density at radius 3 is 2.61 bits per heavy atom. The van der Waals surface area contributed by atoms with Crippen LogP contribution in [0.5, 0.6) is 0 Å². The van der Waals surface area contributed by atoms with Gasteiger partial charge in [0.2, 0.25) is 0 Å². The van der Waals surface area contributed by atoms with Crippen LogP contribution in [0, 0.1) is 0 Å². The molecule has 1 N–H and O–H groups in total. The van der Waals surface area contributed by atoms with Crippen molar-refractivity contribution in [1.82, 2.24) is 14.9 Å². The highest BCUT2D eigenvalue weighted by molar-refractivity contribution is 6.04. The third-order valence-electron chi connectivity index (χ3n) is 5.29. The number of anilines is 2. The average Bonchev–Trinajstić information content (AvgIpc) is 2.73. The molecule has 0 spiro atoms. The number of pyridine rings is 2. The molecule has 31 heavy (non-hydrogen) atoms. The summed E-state index contributed by atoms with van der Waals surface area (Å²) in [4.78, 5) is 25.6. The van der Waals surface area contributed by atoms with Crippen LogP contribution in [-0.2, 0) is 0 Å². The zero-order valence-electron chi connectivity index (χ0n) is 18.4. The third-order valence-corrected chi connectivity index (χ3v) is 5.29. The van der Waals surface area contributed by atoms with Crippen LogP contribution < -0.4 is 20.7 Å². The molecule has 1 aliphatic rings. The average molecular weight is 416 g/mol. The smallest absolute Gasteiger partial charge is 0.257 e. The van der Waals surface area contributed by atoms with Crippen molar-refractivity contribution in [2.24, 2.45) is 0 Å². The number of likely N-dealkylation sites (N-methyl/N-ethyl adjacent to an activating group) is 1. The summed E-state index contributed by atoms with van der Waals surface area (Å²) in [5, 5.41) is 4.78. The van der Waals surface area contributed by atoms with Crippen LogP contribution in [0.3, 0.4) is 0 Å². The van der Waals surface area contributed by atoms with Crippen molar-refractivity contribution in [3.8, 4) is 0 Å². The molecule has 3 rings (SSSR count). The molecule has 1 aliphatic heterocycles. The fourth-order valence-electron chi connectivity index (χ4n) is 3.36. The van der Waals surface area contributed by atoms with Crippen LogP contribution >= 0.6 is 0 Å². The highest BCUT2D eigenvalue weighted by Crippen LogP contribution is 2.19. The van der Waals surface area contributed by atoms with E-state index in [1.807, 2.05) is 56.2 Å². The van der Waals surface area contributed by atoms with Gasteiger partial charge in [-0.1, -0.05) is 25.3 Å². The fraction of sp³-hybridized carbons (Fsp3) is 0.240. The zero-order valence-corrected chi connectivity index (χ0v) is 18.4. The number of nitrogens with one attached hydrogen (secondary N) is 1. The number of amides is 1. The van der Waals surface area contributed by atoms with Crippen molar-refractivity contribution in [2.45, 2.75) is 20.3 Å². The monoisotopic (exact) mass is 415 g/mol. The van der Waals surface area contributed by atoms with Crippen molar-refractivity contribution in [3.05, 3.63) is 83.3 Å². The molecule has 0 aliphatic carbocycles. The summed E-state index contributed by atoms with van der Waals surface area (Å²) in [6, 6.07) is 5.39. The standard InChI is InChI=1S/C25H29N5O/c1-6-19-17-27-23(15-21(19)14-18(4)22(7-2)29(5)8-3)28-25(31)20-10-11-26-24(16-20)30-12-9-13-30/h6-8,10-11,14-17H,3-4,9,12-13H2,1-2,5H3,(H,28,31)/b19-6-,21-14-,22-7-. The first kappa shape index (κ1) is 22.0. The summed E-state index contributed by atoms with van der Waals surface area (Å²) in [5.41, 5.74) is 2.35. The first-order chi connectivity index (χ1) is 15.0. The molecular formula is C25H29N5O. The van der Waals surface area contributed by atoms with Crippen molar-refractivity contribution >= 4 is 29.7 Å². The van der Waals surface area contributed by atoms with Gasteiger partial charge in [-0.25, -0.2) is 9.97 Å². The van der Waals surface area contributed by atoms with Gasteiger partial charge < -0.3 is 15.1 Å². The van der Waals surface area contributed by atoms with Gasteiger partial charge in [0.1, 0.15) is 11.6 Å². The molecule has 0 atom stereocenters. The van der Waals surface area contributed by atoms with Gasteiger partial charge in [-0.2, -0.15) is 0 Å². The molecule has 0 bridgehead atoms. The van der Waals surface area contributed by atoms with E-state index in [9.17, 15) is 4.79 Å². The maximum Gasteiger partial charge on any atom is 0.257 e. The van der Waals surface area contributed by atoms with Gasteiger partial charge >= 0.3 is 0 Å². The quantitative estimate of drug-likeness (QED) is 0.705. The number of nitrogens with zero attached hydrogens (tertiary/aromatic N) is 4. The summed E-state index contributed by atoms with van der Waals surface area (Å²) >= 11 is 0. The molecule has 2 aromatic heterocycles. The predicted molar refractivity (Wildman–Crippen MR) is 128 cm³/mol. The number of hydrogen-bond acceptors (Lipinski definition) is 5. The molecule has 160 valence electrons. The second kappa shape index (κ2) is 9.89. The lowest BCUT2D eigenvalue weighted by Gasteiger charge is -2.32. The molecule has 0 radical (unpaired) electrons. The topological polar surface area (TPSA) is 61.4 Å². The van der Waals surface area contributed by atoms with Gasteiger partial charge in [-0.15, -0.1) is 0 Å². The van der Waals surface area contributed by atoms with Crippen molar-refractivity contribution in [3.63, 3.8) is 0 Å². The van der Waals surface area contributed by atoms with Crippen LogP contribution in [0.4, 0.5) is 11.6 Å². The lowest BCUT2D eigenvalue weighted by Crippen LogP contribution is -2.37. The van der Waals surface area contributed by atoms with Gasteiger partial charge in [0.25, 0.3) is 5.91 Å². The van der Waals surface area contributed by atoms with Crippen LogP contribution in [0.15, 0.2) is 67.3 Å². The summed E-state index contributed by atoms with van der Waals surface area (Å²) < 4.78 is 0. The normalized spacial score (nSPS) is 14.8. The van der Waals surface area contributed by atoms with E-state index in [0.717, 1.165) is 47.0 Å². The number of hydrogen-bond donors (Lipinski definition) is 1. The Morgan fingerprint density at radius 2 is 2.00 bits per heavy atom. The van der Waals surface area contributed by atoms with Gasteiger partial charge in [0.15, 0.2) is 0 Å². The molecule has 0 aromatic carbocycles. The molecule has 0 unspecified atom stereocenters. The molecule has 1 amide bonds. The van der Waals surface area contributed by atoms with E-state index in [2.05, 4.69) is 33.3 Å². The summed E-state index contributed by atoms with van der Waals surface area (Å²) in [6.45, 7) is 13.9. The highest BCUT2D eigenvalue weighted by Gasteiger charge is 2.17. The summed E-state index contributed by atoms with van der Waals surface area (Å²) in [7, 11) is 1.93. The van der Waals surface area contributed by atoms with E-state index in [-0.39, 0.29) is 5.91 Å². The Labute approximate surface area is 183 Å². The first-order valence-corrected chi connectivity index (χ1v) is 10.3. The molecule has 6 nitrogen and oxygen atoms in total. The van der Waals surface area contributed by atoms with Gasteiger partial charge in [0, 0.05) is 43.8 Å². The minimum atomic E-state index is -0.213. The first-order valence-electron chi connectivity index (χ1n) is 10.3. The largest absolute Gasteiger partial charge is 0.356 e. The SMILES string of the molecule is C=CN(C)/C(=C\C)C(=C)/C=c1/cc(NC(=O)c2ccnc(N3CCC3)c2)nc/c1=C/C. The summed E-state index contributed by atoms with van der Waals surface area (Å²) in [5.74, 6) is 1.10. The van der Waals surface area contributed by atoms with Crippen molar-refractivity contribution in [1.29, 1.82) is 0 Å². The Kier molecular flexibility index (Phi) is 7.03. The fourth-order valence-corrected chi connectivity index (χ4v) is 3.36. The molecule has 0 saturated carbocycles. The van der Waals surface area contributed by atoms with Gasteiger partial charge in [-0.05, 0) is 66.8 Å². The third kappa shape index (κ3) is 5.09. The van der Waals surface area contributed by atoms with E-state index in [0.29, 0.717) is 11.4 Å².